The van der Waals surface area contributed by atoms with E-state index in [1.54, 1.807) is 48.5 Å². The molecule has 35 heavy (non-hydrogen) atoms. The third-order valence-corrected chi connectivity index (χ3v) is 6.08. The van der Waals surface area contributed by atoms with Crippen LogP contribution < -0.4 is 9.64 Å². The number of aliphatic hydroxyl groups is 1. The number of ether oxygens (including phenoxy) is 1. The summed E-state index contributed by atoms with van der Waals surface area (Å²) in [6, 6.07) is 19.7. The fourth-order valence-electron chi connectivity index (χ4n) is 4.20. The lowest BCUT2D eigenvalue weighted by molar-refractivity contribution is -0.136. The van der Waals surface area contributed by atoms with Crippen molar-refractivity contribution in [3.05, 3.63) is 101 Å². The van der Waals surface area contributed by atoms with Crippen molar-refractivity contribution >= 4 is 29.1 Å². The predicted octanol–water partition coefficient (Wildman–Crippen LogP) is 4.51. The van der Waals surface area contributed by atoms with Gasteiger partial charge in [-0.05, 0) is 59.5 Å². The number of ketones is 1. The molecule has 0 aliphatic carbocycles. The molecule has 2 N–H and O–H groups in total. The van der Waals surface area contributed by atoms with Crippen molar-refractivity contribution in [2.45, 2.75) is 25.8 Å². The molecule has 1 aliphatic heterocycles. The van der Waals surface area contributed by atoms with E-state index in [-0.39, 0.29) is 17.8 Å². The fraction of sp³-hybridized carbons (Fsp3) is 0.179. The van der Waals surface area contributed by atoms with Crippen molar-refractivity contribution in [2.24, 2.45) is 0 Å². The zero-order valence-electron chi connectivity index (χ0n) is 19.4. The minimum absolute atomic E-state index is 0.0148. The summed E-state index contributed by atoms with van der Waals surface area (Å²) in [5.74, 6) is -2.21. The highest BCUT2D eigenvalue weighted by molar-refractivity contribution is 6.51. The standard InChI is InChI=1S/C28H25NO6/c1-3-17-4-8-19(9-5-17)25-24(26(32)20-10-14-22(35-2)15-11-20)27(33)28(34)29(25)21-12-6-18(7-13-21)16-23(30)31/h4-15,25,32H,3,16H2,1-2H3,(H,30,31)/b26-24+. The number of aryl methyl sites for hydroxylation is 1. The zero-order valence-corrected chi connectivity index (χ0v) is 19.4. The number of carboxylic acid groups (broad SMARTS) is 1. The van der Waals surface area contributed by atoms with Crippen molar-refractivity contribution in [2.75, 3.05) is 12.0 Å². The number of hydrogen-bond acceptors (Lipinski definition) is 5. The Bertz CT molecular complexity index is 1290. The Balaban J connectivity index is 1.85. The lowest BCUT2D eigenvalue weighted by atomic mass is 9.94. The average molecular weight is 472 g/mol. The van der Waals surface area contributed by atoms with Gasteiger partial charge in [0.2, 0.25) is 0 Å². The molecule has 1 aliphatic rings. The van der Waals surface area contributed by atoms with Gasteiger partial charge >= 0.3 is 5.97 Å². The van der Waals surface area contributed by atoms with E-state index in [9.17, 15) is 19.5 Å². The maximum Gasteiger partial charge on any atom is 0.307 e. The highest BCUT2D eigenvalue weighted by Crippen LogP contribution is 2.42. The molecule has 0 saturated carbocycles. The summed E-state index contributed by atoms with van der Waals surface area (Å²) in [5, 5.41) is 20.2. The van der Waals surface area contributed by atoms with Gasteiger partial charge < -0.3 is 14.9 Å². The first-order valence-corrected chi connectivity index (χ1v) is 11.2. The van der Waals surface area contributed by atoms with Gasteiger partial charge in [0.25, 0.3) is 11.7 Å². The Morgan fingerprint density at radius 3 is 2.03 bits per heavy atom. The molecular weight excluding hydrogens is 446 g/mol. The van der Waals surface area contributed by atoms with Gasteiger partial charge in [0.05, 0.1) is 25.1 Å². The van der Waals surface area contributed by atoms with Gasteiger partial charge in [-0.15, -0.1) is 0 Å². The normalized spacial score (nSPS) is 17.0. The van der Waals surface area contributed by atoms with Gasteiger partial charge in [0, 0.05) is 11.3 Å². The van der Waals surface area contributed by atoms with Crippen molar-refractivity contribution in [1.82, 2.24) is 0 Å². The lowest BCUT2D eigenvalue weighted by Crippen LogP contribution is -2.29. The molecule has 0 spiro atoms. The molecule has 1 fully saturated rings. The van der Waals surface area contributed by atoms with Crippen molar-refractivity contribution in [3.63, 3.8) is 0 Å². The van der Waals surface area contributed by atoms with E-state index in [0.717, 1.165) is 12.0 Å². The van der Waals surface area contributed by atoms with Gasteiger partial charge in [0.15, 0.2) is 0 Å². The zero-order chi connectivity index (χ0) is 25.1. The average Bonchev–Trinajstić information content (AvgIpc) is 3.14. The molecule has 7 heteroatoms. The molecule has 1 amide bonds. The summed E-state index contributed by atoms with van der Waals surface area (Å²) in [4.78, 5) is 38.9. The van der Waals surface area contributed by atoms with E-state index in [0.29, 0.717) is 28.1 Å². The fourth-order valence-corrected chi connectivity index (χ4v) is 4.20. The molecule has 0 radical (unpaired) electrons. The van der Waals surface area contributed by atoms with E-state index in [1.165, 1.54) is 12.0 Å². The number of carboxylic acids is 1. The number of methoxy groups -OCH3 is 1. The SMILES string of the molecule is CCc1ccc(C2/C(=C(\O)c3ccc(OC)cc3)C(=O)C(=O)N2c2ccc(CC(=O)O)cc2)cc1. The largest absolute Gasteiger partial charge is 0.507 e. The second kappa shape index (κ2) is 9.85. The molecule has 3 aromatic carbocycles. The van der Waals surface area contributed by atoms with Crippen LogP contribution in [0.1, 0.15) is 35.2 Å². The summed E-state index contributed by atoms with van der Waals surface area (Å²) in [6.45, 7) is 2.03. The first kappa shape index (κ1) is 23.8. The number of carbonyl (C=O) groups is 3. The van der Waals surface area contributed by atoms with Crippen LogP contribution >= 0.6 is 0 Å². The maximum absolute atomic E-state index is 13.2. The van der Waals surface area contributed by atoms with Crippen molar-refractivity contribution in [1.29, 1.82) is 0 Å². The number of Topliss-reactive ketones (excluding diaryl/α,β-unsaturated/α-hetero) is 1. The molecule has 178 valence electrons. The van der Waals surface area contributed by atoms with Crippen LogP contribution in [0.3, 0.4) is 0 Å². The number of nitrogens with zero attached hydrogens (tertiary/aromatic N) is 1. The monoisotopic (exact) mass is 471 g/mol. The minimum atomic E-state index is -0.964. The van der Waals surface area contributed by atoms with E-state index >= 15 is 0 Å². The number of aliphatic carboxylic acids is 1. The second-order valence-electron chi connectivity index (χ2n) is 8.23. The number of aliphatic hydroxyl groups excluding tert-OH is 1. The first-order chi connectivity index (χ1) is 16.8. The summed E-state index contributed by atoms with van der Waals surface area (Å²) < 4.78 is 5.17. The van der Waals surface area contributed by atoms with E-state index in [2.05, 4.69) is 0 Å². The molecule has 7 nitrogen and oxygen atoms in total. The minimum Gasteiger partial charge on any atom is -0.507 e. The molecular formula is C28H25NO6. The predicted molar refractivity (Wildman–Crippen MR) is 131 cm³/mol. The van der Waals surface area contributed by atoms with Gasteiger partial charge in [-0.3, -0.25) is 19.3 Å². The van der Waals surface area contributed by atoms with Crippen LogP contribution in [0.4, 0.5) is 5.69 Å². The highest BCUT2D eigenvalue weighted by Gasteiger charge is 2.46. The smallest absolute Gasteiger partial charge is 0.307 e. The van der Waals surface area contributed by atoms with Crippen LogP contribution in [-0.2, 0) is 27.2 Å². The number of hydrogen-bond donors (Lipinski definition) is 2. The quantitative estimate of drug-likeness (QED) is 0.299. The van der Waals surface area contributed by atoms with Crippen LogP contribution in [-0.4, -0.2) is 35.0 Å². The molecule has 1 unspecified atom stereocenters. The van der Waals surface area contributed by atoms with Crippen LogP contribution in [0, 0.1) is 0 Å². The summed E-state index contributed by atoms with van der Waals surface area (Å²) in [5.41, 5.74) is 3.14. The number of rotatable bonds is 7. The van der Waals surface area contributed by atoms with Gasteiger partial charge in [0.1, 0.15) is 11.5 Å². The van der Waals surface area contributed by atoms with Crippen LogP contribution in [0.5, 0.6) is 5.75 Å². The Hall–Kier alpha value is -4.39. The molecule has 1 heterocycles. The van der Waals surface area contributed by atoms with Gasteiger partial charge in [-0.25, -0.2) is 0 Å². The van der Waals surface area contributed by atoms with Crippen LogP contribution in [0.2, 0.25) is 0 Å². The Kier molecular flexibility index (Phi) is 6.68. The third kappa shape index (κ3) is 4.66. The number of anilines is 1. The molecule has 0 bridgehead atoms. The second-order valence-corrected chi connectivity index (χ2v) is 8.23. The lowest BCUT2D eigenvalue weighted by Gasteiger charge is -2.26. The molecule has 1 atom stereocenters. The third-order valence-electron chi connectivity index (χ3n) is 6.08. The van der Waals surface area contributed by atoms with Gasteiger partial charge in [-0.2, -0.15) is 0 Å². The topological polar surface area (TPSA) is 104 Å². The Labute approximate surface area is 202 Å². The molecule has 4 rings (SSSR count). The van der Waals surface area contributed by atoms with Crippen molar-refractivity contribution < 1.29 is 29.3 Å². The summed E-state index contributed by atoms with van der Waals surface area (Å²) in [6.07, 6.45) is 0.676. The molecule has 3 aromatic rings. The summed E-state index contributed by atoms with van der Waals surface area (Å²) in [7, 11) is 1.53. The van der Waals surface area contributed by atoms with E-state index in [1.807, 2.05) is 31.2 Å². The van der Waals surface area contributed by atoms with Crippen LogP contribution in [0.25, 0.3) is 5.76 Å². The highest BCUT2D eigenvalue weighted by atomic mass is 16.5. The van der Waals surface area contributed by atoms with Crippen molar-refractivity contribution in [3.8, 4) is 5.75 Å². The Morgan fingerprint density at radius 2 is 1.49 bits per heavy atom. The first-order valence-electron chi connectivity index (χ1n) is 11.2. The number of amides is 1. The Morgan fingerprint density at radius 1 is 0.886 bits per heavy atom. The number of carbonyl (C=O) groups excluding carboxylic acids is 2. The summed E-state index contributed by atoms with van der Waals surface area (Å²) >= 11 is 0. The number of benzene rings is 3. The van der Waals surface area contributed by atoms with E-state index in [4.69, 9.17) is 9.84 Å². The molecule has 0 aromatic heterocycles. The van der Waals surface area contributed by atoms with E-state index < -0.39 is 23.7 Å². The van der Waals surface area contributed by atoms with Crippen LogP contribution in [0.15, 0.2) is 78.4 Å². The maximum atomic E-state index is 13.2. The molecule has 1 saturated heterocycles. The van der Waals surface area contributed by atoms with Gasteiger partial charge in [-0.1, -0.05) is 43.3 Å².